The second kappa shape index (κ2) is 3.78. The van der Waals surface area contributed by atoms with Crippen molar-refractivity contribution < 1.29 is 29.7 Å². The van der Waals surface area contributed by atoms with Gasteiger partial charge in [0.1, 0.15) is 0 Å². The van der Waals surface area contributed by atoms with Crippen LogP contribution in [0.3, 0.4) is 0 Å². The molecule has 1 rings (SSSR count). The first-order valence-corrected chi connectivity index (χ1v) is 5.86. The van der Waals surface area contributed by atoms with Crippen LogP contribution in [-0.4, -0.2) is 4.57 Å². The molecule has 0 bridgehead atoms. The van der Waals surface area contributed by atoms with E-state index < -0.39 is 7.81 Å². The fraction of sp³-hybridized carbons (Fsp3) is 0.400. The third-order valence-corrected chi connectivity index (χ3v) is 1.28. The van der Waals surface area contributed by atoms with Crippen molar-refractivity contribution in [2.24, 2.45) is 19.2 Å². The van der Waals surface area contributed by atoms with E-state index in [-0.39, 0.29) is 0 Å². The van der Waals surface area contributed by atoms with Crippen LogP contribution >= 0.6 is 7.81 Å². The predicted molar refractivity (Wildman–Crippen MR) is 49.0 cm³/mol. The fourth-order valence-electron chi connectivity index (χ4n) is 0.763. The number of imidazole rings is 1. The molecule has 0 saturated heterocycles. The van der Waals surface area contributed by atoms with E-state index in [0.29, 0.717) is 5.95 Å². The molecule has 1 aromatic heterocycles. The van der Waals surface area contributed by atoms with Gasteiger partial charge >= 0.3 is 33.0 Å². The summed E-state index contributed by atoms with van der Waals surface area (Å²) in [6.07, 6.45) is 3.65. The summed E-state index contributed by atoms with van der Waals surface area (Å²) >= 11 is 0. The molecule has 0 aromatic carbocycles. The van der Waals surface area contributed by atoms with Crippen molar-refractivity contribution in [1.82, 2.24) is 4.57 Å². The van der Waals surface area contributed by atoms with Crippen molar-refractivity contribution in [2.45, 2.75) is 0 Å². The topological polar surface area (TPSA) is 57.6 Å². The summed E-state index contributed by atoms with van der Waals surface area (Å²) in [6, 6.07) is 0. The summed E-state index contributed by atoms with van der Waals surface area (Å²) in [4.78, 5) is 2.68. The van der Waals surface area contributed by atoms with Crippen LogP contribution in [0, 0.1) is 0 Å². The third kappa shape index (κ3) is 10.8. The molecule has 5 nitrogen and oxygen atoms in total. The monoisotopic (exact) mass is 283 g/mol. The molecule has 0 unspecified atom stereocenters. The quantitative estimate of drug-likeness (QED) is 0.185. The van der Waals surface area contributed by atoms with Gasteiger partial charge in [-0.15, -0.1) is 0 Å². The average molecular weight is 283 g/mol. The Hall–Kier alpha value is -1.47. The van der Waals surface area contributed by atoms with Crippen LogP contribution in [0.4, 0.5) is 31.1 Å². The van der Waals surface area contributed by atoms with Gasteiger partial charge < -0.3 is 0 Å². The van der Waals surface area contributed by atoms with Crippen molar-refractivity contribution >= 4 is 13.8 Å². The van der Waals surface area contributed by atoms with E-state index in [1.54, 1.807) is 9.13 Å². The van der Waals surface area contributed by atoms with Gasteiger partial charge in [-0.1, -0.05) is 0 Å². The molecule has 0 saturated carbocycles. The van der Waals surface area contributed by atoms with Crippen molar-refractivity contribution in [3.8, 4) is 0 Å². The molecular weight excluding hydrogens is 275 g/mol. The fourth-order valence-corrected chi connectivity index (χ4v) is 0.763. The zero-order valence-electron chi connectivity index (χ0n) is 8.61. The van der Waals surface area contributed by atoms with Crippen LogP contribution in [0.25, 0.3) is 10.4 Å². The van der Waals surface area contributed by atoms with Gasteiger partial charge in [-0.05, 0) is 5.53 Å². The first-order valence-electron chi connectivity index (χ1n) is 3.83. The van der Waals surface area contributed by atoms with Gasteiger partial charge in [-0.2, -0.15) is 0 Å². The van der Waals surface area contributed by atoms with E-state index in [4.69, 9.17) is 5.53 Å². The molecule has 0 aliphatic carbocycles. The molecule has 0 fully saturated rings. The van der Waals surface area contributed by atoms with E-state index in [9.17, 15) is 25.2 Å². The molecule has 100 valence electrons. The third-order valence-electron chi connectivity index (χ3n) is 1.28. The number of azide groups is 1. The molecule has 0 aliphatic heterocycles. The Kier molecular flexibility index (Phi) is 3.45. The Bertz CT molecular complexity index is 423. The number of hydrogen-bond acceptors (Lipinski definition) is 1. The van der Waals surface area contributed by atoms with Crippen LogP contribution in [0.1, 0.15) is 0 Å². The summed E-state index contributed by atoms with van der Waals surface area (Å²) in [5.74, 6) is 0.600. The van der Waals surface area contributed by atoms with Crippen LogP contribution in [-0.2, 0) is 14.1 Å². The second-order valence-electron chi connectivity index (χ2n) is 2.97. The van der Waals surface area contributed by atoms with Gasteiger partial charge in [0, 0.05) is 10.0 Å². The molecule has 0 amide bonds. The molecule has 12 heteroatoms. The van der Waals surface area contributed by atoms with E-state index in [0.717, 1.165) is 0 Å². The van der Waals surface area contributed by atoms with Crippen molar-refractivity contribution in [3.05, 3.63) is 22.8 Å². The van der Waals surface area contributed by atoms with Crippen LogP contribution < -0.4 is 4.57 Å². The molecule has 0 aliphatic rings. The summed E-state index contributed by atoms with van der Waals surface area (Å²) in [5.41, 5.74) is 8.12. The SMILES string of the molecule is Cn1cc[n+](C)c1N=[N+]=[N-].F[P-](F)(F)(F)(F)F. The maximum absolute atomic E-state index is 10.7. The van der Waals surface area contributed by atoms with E-state index in [1.807, 2.05) is 26.5 Å². The zero-order valence-corrected chi connectivity index (χ0v) is 9.50. The van der Waals surface area contributed by atoms with Crippen LogP contribution in [0.2, 0.25) is 0 Å². The minimum absolute atomic E-state index is 0.600. The van der Waals surface area contributed by atoms with E-state index >= 15 is 0 Å². The molecular formula is C5H8F6N5P. The predicted octanol–water partition coefficient (Wildman–Crippen LogP) is 4.17. The molecule has 0 atom stereocenters. The first-order chi connectivity index (χ1) is 7.20. The van der Waals surface area contributed by atoms with E-state index in [2.05, 4.69) is 10.0 Å². The van der Waals surface area contributed by atoms with Gasteiger partial charge in [0.2, 0.25) is 0 Å². The maximum atomic E-state index is 9.87. The van der Waals surface area contributed by atoms with Gasteiger partial charge in [0.25, 0.3) is 5.95 Å². The minimum atomic E-state index is -10.7. The van der Waals surface area contributed by atoms with Crippen LogP contribution in [0.5, 0.6) is 0 Å². The number of aryl methyl sites for hydroxylation is 2. The summed E-state index contributed by atoms with van der Waals surface area (Å²) < 4.78 is 62.7. The Labute approximate surface area is 91.1 Å². The summed E-state index contributed by atoms with van der Waals surface area (Å²) in [5, 5.41) is 3.47. The van der Waals surface area contributed by atoms with Gasteiger partial charge in [0.05, 0.1) is 26.5 Å². The Morgan fingerprint density at radius 2 is 1.71 bits per heavy atom. The molecule has 1 heterocycles. The van der Waals surface area contributed by atoms with Gasteiger partial charge in [-0.25, -0.2) is 0 Å². The molecule has 0 radical (unpaired) electrons. The molecule has 0 N–H and O–H groups in total. The molecule has 1 aromatic rings. The summed E-state index contributed by atoms with van der Waals surface area (Å²) in [6.45, 7) is 0. The first kappa shape index (κ1) is 15.5. The van der Waals surface area contributed by atoms with Crippen LogP contribution in [0.15, 0.2) is 17.5 Å². The van der Waals surface area contributed by atoms with Gasteiger partial charge in [0.15, 0.2) is 0 Å². The number of rotatable bonds is 1. The second-order valence-corrected chi connectivity index (χ2v) is 4.88. The Morgan fingerprint density at radius 3 is 1.94 bits per heavy atom. The standard InChI is InChI=1S/C5H8N5.F6P/c1-9-3-4-10(2)5(9)7-8-6;1-7(2,3,4,5)6/h3-4H,1-2H3;/q+1;-1. The average Bonchev–Trinajstić information content (AvgIpc) is 2.30. The molecule has 0 spiro atoms. The number of nitrogens with zero attached hydrogens (tertiary/aromatic N) is 5. The Morgan fingerprint density at radius 1 is 1.29 bits per heavy atom. The van der Waals surface area contributed by atoms with Gasteiger partial charge in [-0.3, -0.25) is 9.13 Å². The van der Waals surface area contributed by atoms with Crippen molar-refractivity contribution in [3.63, 3.8) is 0 Å². The zero-order chi connectivity index (χ0) is 14.0. The van der Waals surface area contributed by atoms with E-state index in [1.165, 1.54) is 0 Å². The normalized spacial score (nSPS) is 14.8. The molecule has 17 heavy (non-hydrogen) atoms. The van der Waals surface area contributed by atoms with Crippen molar-refractivity contribution in [2.75, 3.05) is 0 Å². The van der Waals surface area contributed by atoms with Crippen molar-refractivity contribution in [1.29, 1.82) is 0 Å². The number of halogens is 6. The number of aromatic nitrogens is 2. The number of hydrogen-bond donors (Lipinski definition) is 0. The summed E-state index contributed by atoms with van der Waals surface area (Å²) in [7, 11) is -7.01. The Balaban J connectivity index is 0.000000325.